The molecule has 3 nitrogen and oxygen atoms in total. The first-order valence-corrected chi connectivity index (χ1v) is 10.2. The molecule has 26 heavy (non-hydrogen) atoms. The van der Waals surface area contributed by atoms with Crippen LogP contribution < -0.4 is 5.73 Å². The van der Waals surface area contributed by atoms with E-state index in [4.69, 9.17) is 5.73 Å². The third-order valence-electron chi connectivity index (χ3n) is 4.96. The normalized spacial score (nSPS) is 12.3. The van der Waals surface area contributed by atoms with Gasteiger partial charge in [-0.15, -0.1) is 0 Å². The van der Waals surface area contributed by atoms with E-state index < -0.39 is 6.04 Å². The molecule has 2 aromatic carbocycles. The van der Waals surface area contributed by atoms with E-state index in [9.17, 15) is 4.79 Å². The molecule has 0 saturated heterocycles. The molecule has 0 aliphatic carbocycles. The van der Waals surface area contributed by atoms with Crippen LogP contribution in [-0.2, 0) is 11.2 Å². The van der Waals surface area contributed by atoms with Crippen LogP contribution in [0.3, 0.4) is 0 Å². The Balaban J connectivity index is 2.00. The fourth-order valence-electron chi connectivity index (χ4n) is 3.38. The number of benzene rings is 2. The lowest BCUT2D eigenvalue weighted by molar-refractivity contribution is -0.132. The van der Waals surface area contributed by atoms with Crippen molar-refractivity contribution in [1.82, 2.24) is 4.90 Å². The number of hydrogen-bond donors (Lipinski definition) is 1. The van der Waals surface area contributed by atoms with E-state index in [1.165, 1.54) is 23.6 Å². The Labute approximate surface area is 158 Å². The summed E-state index contributed by atoms with van der Waals surface area (Å²) in [5.41, 5.74) is 7.44. The second kappa shape index (κ2) is 11.0. The van der Waals surface area contributed by atoms with Crippen LogP contribution in [0.4, 0.5) is 0 Å². The van der Waals surface area contributed by atoms with E-state index in [-0.39, 0.29) is 5.91 Å². The molecule has 1 atom stereocenters. The van der Waals surface area contributed by atoms with Crippen LogP contribution in [0.15, 0.2) is 42.5 Å². The minimum atomic E-state index is -0.459. The summed E-state index contributed by atoms with van der Waals surface area (Å²) in [6.07, 6.45) is 7.39. The molecule has 0 aromatic heterocycles. The molecule has 1 amide bonds. The minimum absolute atomic E-state index is 0.102. The minimum Gasteiger partial charge on any atom is -0.341 e. The molecule has 2 aromatic rings. The maximum atomic E-state index is 12.9. The van der Waals surface area contributed by atoms with Crippen LogP contribution in [0.5, 0.6) is 0 Å². The summed E-state index contributed by atoms with van der Waals surface area (Å²) >= 11 is 0. The Bertz CT molecular complexity index is 673. The van der Waals surface area contributed by atoms with Crippen LogP contribution in [0.2, 0.25) is 0 Å². The molecule has 2 N–H and O–H groups in total. The molecule has 0 saturated carbocycles. The maximum Gasteiger partial charge on any atom is 0.239 e. The van der Waals surface area contributed by atoms with E-state index in [1.807, 2.05) is 17.0 Å². The van der Waals surface area contributed by atoms with Gasteiger partial charge in [0.15, 0.2) is 0 Å². The molecule has 3 heteroatoms. The fraction of sp³-hybridized carbons (Fsp3) is 0.522. The zero-order valence-corrected chi connectivity index (χ0v) is 16.4. The Hall–Kier alpha value is -1.87. The second-order valence-corrected chi connectivity index (χ2v) is 7.23. The number of nitrogens with two attached hydrogens (primary N) is 1. The van der Waals surface area contributed by atoms with Gasteiger partial charge in [-0.05, 0) is 35.6 Å². The molecular weight excluding hydrogens is 320 g/mol. The van der Waals surface area contributed by atoms with Crippen molar-refractivity contribution in [3.8, 4) is 0 Å². The monoisotopic (exact) mass is 354 g/mol. The quantitative estimate of drug-likeness (QED) is 0.582. The maximum absolute atomic E-state index is 12.9. The molecule has 0 bridgehead atoms. The van der Waals surface area contributed by atoms with Crippen molar-refractivity contribution in [2.24, 2.45) is 5.73 Å². The van der Waals surface area contributed by atoms with Gasteiger partial charge in [-0.2, -0.15) is 0 Å². The molecule has 0 unspecified atom stereocenters. The summed E-state index contributed by atoms with van der Waals surface area (Å²) in [6.45, 7) is 6.05. The Morgan fingerprint density at radius 3 is 2.15 bits per heavy atom. The van der Waals surface area contributed by atoms with Gasteiger partial charge in [-0.25, -0.2) is 0 Å². The number of hydrogen-bond acceptors (Lipinski definition) is 2. The first-order chi connectivity index (χ1) is 12.7. The van der Waals surface area contributed by atoms with Crippen molar-refractivity contribution >= 4 is 16.7 Å². The van der Waals surface area contributed by atoms with Crippen LogP contribution in [0, 0.1) is 0 Å². The van der Waals surface area contributed by atoms with Gasteiger partial charge in [0.05, 0.1) is 6.04 Å². The van der Waals surface area contributed by atoms with Crippen molar-refractivity contribution in [2.45, 2.75) is 64.8 Å². The zero-order chi connectivity index (χ0) is 18.8. The molecule has 0 aliphatic rings. The largest absolute Gasteiger partial charge is 0.341 e. The zero-order valence-electron chi connectivity index (χ0n) is 16.4. The summed E-state index contributed by atoms with van der Waals surface area (Å²) < 4.78 is 0. The Kier molecular flexibility index (Phi) is 8.63. The van der Waals surface area contributed by atoms with E-state index in [1.54, 1.807) is 0 Å². The van der Waals surface area contributed by atoms with Crippen molar-refractivity contribution in [1.29, 1.82) is 0 Å². The fourth-order valence-corrected chi connectivity index (χ4v) is 3.38. The average molecular weight is 355 g/mol. The van der Waals surface area contributed by atoms with Gasteiger partial charge < -0.3 is 10.6 Å². The molecular formula is C23H34N2O. The van der Waals surface area contributed by atoms with Crippen LogP contribution >= 0.6 is 0 Å². The van der Waals surface area contributed by atoms with Gasteiger partial charge in [0, 0.05) is 13.1 Å². The lowest BCUT2D eigenvalue weighted by Crippen LogP contribution is -2.45. The summed E-state index contributed by atoms with van der Waals surface area (Å²) in [6, 6.07) is 14.2. The standard InChI is InChI=1S/C23H34N2O/c1-3-5-9-15-25(16-10-6-4-2)23(26)22(24)18-19-13-14-20-11-7-8-12-21(20)17-19/h7-8,11-14,17,22H,3-6,9-10,15-16,18,24H2,1-2H3/t22-/m1/s1. The van der Waals surface area contributed by atoms with Gasteiger partial charge in [0.2, 0.25) is 5.91 Å². The predicted molar refractivity (Wildman–Crippen MR) is 111 cm³/mol. The van der Waals surface area contributed by atoms with Crippen LogP contribution in [-0.4, -0.2) is 29.9 Å². The molecule has 0 spiro atoms. The first-order valence-electron chi connectivity index (χ1n) is 10.2. The highest BCUT2D eigenvalue weighted by atomic mass is 16.2. The SMILES string of the molecule is CCCCCN(CCCCC)C(=O)[C@H](N)Cc1ccc2ccccc2c1. The van der Waals surface area contributed by atoms with Crippen molar-refractivity contribution < 1.29 is 4.79 Å². The van der Waals surface area contributed by atoms with Gasteiger partial charge in [-0.1, -0.05) is 82.0 Å². The number of amides is 1. The van der Waals surface area contributed by atoms with Crippen LogP contribution in [0.1, 0.15) is 57.9 Å². The Morgan fingerprint density at radius 2 is 1.54 bits per heavy atom. The second-order valence-electron chi connectivity index (χ2n) is 7.23. The van der Waals surface area contributed by atoms with Crippen LogP contribution in [0.25, 0.3) is 10.8 Å². The lowest BCUT2D eigenvalue weighted by atomic mass is 10.0. The topological polar surface area (TPSA) is 46.3 Å². The van der Waals surface area contributed by atoms with Gasteiger partial charge in [0.1, 0.15) is 0 Å². The molecule has 0 radical (unpaired) electrons. The highest BCUT2D eigenvalue weighted by Gasteiger charge is 2.20. The Morgan fingerprint density at radius 1 is 0.923 bits per heavy atom. The van der Waals surface area contributed by atoms with E-state index in [2.05, 4.69) is 44.2 Å². The molecule has 142 valence electrons. The number of fused-ring (bicyclic) bond motifs is 1. The summed E-state index contributed by atoms with van der Waals surface area (Å²) in [5, 5.41) is 2.42. The summed E-state index contributed by atoms with van der Waals surface area (Å²) in [7, 11) is 0. The molecule has 0 fully saturated rings. The van der Waals surface area contributed by atoms with Crippen molar-refractivity contribution in [3.63, 3.8) is 0 Å². The molecule has 0 heterocycles. The highest BCUT2D eigenvalue weighted by Crippen LogP contribution is 2.17. The number of carbonyl (C=O) groups is 1. The number of carbonyl (C=O) groups excluding carboxylic acids is 1. The first kappa shape index (κ1) is 20.4. The lowest BCUT2D eigenvalue weighted by Gasteiger charge is -2.26. The van der Waals surface area contributed by atoms with Gasteiger partial charge in [0.25, 0.3) is 0 Å². The van der Waals surface area contributed by atoms with E-state index >= 15 is 0 Å². The highest BCUT2D eigenvalue weighted by molar-refractivity contribution is 5.84. The smallest absolute Gasteiger partial charge is 0.239 e. The molecule has 2 rings (SSSR count). The predicted octanol–water partition coefficient (Wildman–Crippen LogP) is 4.92. The number of unbranched alkanes of at least 4 members (excludes halogenated alkanes) is 4. The summed E-state index contributed by atoms with van der Waals surface area (Å²) in [5.74, 6) is 0.102. The van der Waals surface area contributed by atoms with Gasteiger partial charge >= 0.3 is 0 Å². The number of rotatable bonds is 11. The molecule has 0 aliphatic heterocycles. The third-order valence-corrected chi connectivity index (χ3v) is 4.96. The van der Waals surface area contributed by atoms with E-state index in [0.29, 0.717) is 6.42 Å². The van der Waals surface area contributed by atoms with Gasteiger partial charge in [-0.3, -0.25) is 4.79 Å². The van der Waals surface area contributed by atoms with E-state index in [0.717, 1.165) is 44.3 Å². The number of nitrogens with zero attached hydrogens (tertiary/aromatic N) is 1. The van der Waals surface area contributed by atoms with Crippen molar-refractivity contribution in [3.05, 3.63) is 48.0 Å². The third kappa shape index (κ3) is 6.14. The van der Waals surface area contributed by atoms with Crippen molar-refractivity contribution in [2.75, 3.05) is 13.1 Å². The summed E-state index contributed by atoms with van der Waals surface area (Å²) in [4.78, 5) is 14.9. The average Bonchev–Trinajstić information content (AvgIpc) is 2.66.